The number of hydrogen-bond donors (Lipinski definition) is 1. The number of aliphatic hydroxyl groups is 1. The van der Waals surface area contributed by atoms with Crippen LogP contribution in [0.5, 0.6) is 0 Å². The summed E-state index contributed by atoms with van der Waals surface area (Å²) in [4.78, 5) is 0. The average Bonchev–Trinajstić information content (AvgIpc) is 3.01. The van der Waals surface area contributed by atoms with E-state index in [0.717, 1.165) is 22.3 Å². The zero-order valence-electron chi connectivity index (χ0n) is 22.5. The zero-order chi connectivity index (χ0) is 27.5. The third-order valence-corrected chi connectivity index (χ3v) is 6.89. The van der Waals surface area contributed by atoms with Crippen molar-refractivity contribution in [2.24, 2.45) is 0 Å². The molecule has 4 aromatic rings. The summed E-state index contributed by atoms with van der Waals surface area (Å²) in [5.41, 5.74) is 4.04. The Kier molecular flexibility index (Phi) is 10.1. The van der Waals surface area contributed by atoms with Crippen LogP contribution >= 0.6 is 0 Å². The maximum atomic E-state index is 11.8. The maximum absolute atomic E-state index is 11.8. The summed E-state index contributed by atoms with van der Waals surface area (Å²) in [5, 5.41) is 11.8. The van der Waals surface area contributed by atoms with Gasteiger partial charge in [0.05, 0.1) is 33.0 Å². The summed E-state index contributed by atoms with van der Waals surface area (Å²) in [7, 11) is 0. The molecule has 0 amide bonds. The summed E-state index contributed by atoms with van der Waals surface area (Å²) in [6.45, 7) is 1.37. The normalized spacial score (nSPS) is 22.7. The van der Waals surface area contributed by atoms with E-state index in [1.165, 1.54) is 0 Å². The second-order valence-corrected chi connectivity index (χ2v) is 9.95. The molecule has 0 saturated carbocycles. The van der Waals surface area contributed by atoms with Gasteiger partial charge in [-0.2, -0.15) is 0 Å². The fourth-order valence-electron chi connectivity index (χ4n) is 4.74. The van der Waals surface area contributed by atoms with Gasteiger partial charge < -0.3 is 28.8 Å². The molecule has 1 fully saturated rings. The molecule has 1 heterocycles. The summed E-state index contributed by atoms with van der Waals surface area (Å²) < 4.78 is 31.3. The second kappa shape index (κ2) is 14.3. The van der Waals surface area contributed by atoms with Gasteiger partial charge in [-0.1, -0.05) is 121 Å². The van der Waals surface area contributed by atoms with Crippen molar-refractivity contribution >= 4 is 0 Å². The molecule has 1 aliphatic rings. The Labute approximate surface area is 236 Å². The molecule has 1 saturated heterocycles. The SMILES string of the molecule is OC1(COCc2ccccc2)OC[C@H](OCc2ccccc2)[C@@H](OCc2ccccc2)[C@@H]1OCc1ccccc1. The minimum atomic E-state index is -1.74. The van der Waals surface area contributed by atoms with Crippen LogP contribution in [0.25, 0.3) is 0 Å². The lowest BCUT2D eigenvalue weighted by molar-refractivity contribution is -0.356. The first-order chi connectivity index (χ1) is 19.7. The van der Waals surface area contributed by atoms with Crippen molar-refractivity contribution in [1.29, 1.82) is 0 Å². The van der Waals surface area contributed by atoms with E-state index in [1.54, 1.807) is 0 Å². The molecule has 5 rings (SSSR count). The van der Waals surface area contributed by atoms with E-state index in [4.69, 9.17) is 23.7 Å². The molecular weight excluding hydrogens is 504 g/mol. The molecule has 0 bridgehead atoms. The van der Waals surface area contributed by atoms with Gasteiger partial charge in [0.2, 0.25) is 5.79 Å². The second-order valence-electron chi connectivity index (χ2n) is 9.95. The fraction of sp³-hybridized carbons (Fsp3) is 0.294. The van der Waals surface area contributed by atoms with Crippen LogP contribution in [-0.4, -0.2) is 42.4 Å². The maximum Gasteiger partial charge on any atom is 0.219 e. The Hall–Kier alpha value is -3.36. The van der Waals surface area contributed by atoms with Crippen LogP contribution in [0.2, 0.25) is 0 Å². The van der Waals surface area contributed by atoms with Gasteiger partial charge in [0, 0.05) is 0 Å². The van der Waals surface area contributed by atoms with Crippen LogP contribution in [0.4, 0.5) is 0 Å². The van der Waals surface area contributed by atoms with E-state index in [-0.39, 0.29) is 19.8 Å². The minimum Gasteiger partial charge on any atom is -0.371 e. The number of ether oxygens (including phenoxy) is 5. The van der Waals surface area contributed by atoms with Crippen LogP contribution in [0.1, 0.15) is 22.3 Å². The monoisotopic (exact) mass is 540 g/mol. The third-order valence-electron chi connectivity index (χ3n) is 6.89. The Bertz CT molecular complexity index is 1250. The zero-order valence-corrected chi connectivity index (χ0v) is 22.5. The van der Waals surface area contributed by atoms with Crippen LogP contribution in [0.3, 0.4) is 0 Å². The number of benzene rings is 4. The van der Waals surface area contributed by atoms with Crippen molar-refractivity contribution in [3.63, 3.8) is 0 Å². The van der Waals surface area contributed by atoms with E-state index in [1.807, 2.05) is 121 Å². The van der Waals surface area contributed by atoms with Crippen molar-refractivity contribution in [3.8, 4) is 0 Å². The molecule has 40 heavy (non-hydrogen) atoms. The predicted molar refractivity (Wildman–Crippen MR) is 152 cm³/mol. The van der Waals surface area contributed by atoms with E-state index >= 15 is 0 Å². The third kappa shape index (κ3) is 7.86. The van der Waals surface area contributed by atoms with Gasteiger partial charge in [0.15, 0.2) is 0 Å². The highest BCUT2D eigenvalue weighted by molar-refractivity contribution is 5.16. The van der Waals surface area contributed by atoms with Crippen LogP contribution < -0.4 is 0 Å². The molecule has 0 spiro atoms. The number of hydrogen-bond acceptors (Lipinski definition) is 6. The molecule has 1 N–H and O–H groups in total. The molecule has 0 aliphatic carbocycles. The van der Waals surface area contributed by atoms with Gasteiger partial charge in [-0.3, -0.25) is 0 Å². The molecule has 4 atom stereocenters. The smallest absolute Gasteiger partial charge is 0.219 e. The van der Waals surface area contributed by atoms with Crippen molar-refractivity contribution in [2.75, 3.05) is 13.2 Å². The van der Waals surface area contributed by atoms with Crippen molar-refractivity contribution < 1.29 is 28.8 Å². The highest BCUT2D eigenvalue weighted by atomic mass is 16.7. The van der Waals surface area contributed by atoms with Crippen molar-refractivity contribution in [3.05, 3.63) is 144 Å². The molecule has 6 nitrogen and oxygen atoms in total. The lowest BCUT2D eigenvalue weighted by Gasteiger charge is -2.46. The molecule has 4 aromatic carbocycles. The quantitative estimate of drug-likeness (QED) is 0.236. The molecule has 0 aromatic heterocycles. The fourth-order valence-corrected chi connectivity index (χ4v) is 4.74. The molecule has 208 valence electrons. The summed E-state index contributed by atoms with van der Waals surface area (Å²) in [6.07, 6.45) is -1.97. The van der Waals surface area contributed by atoms with Gasteiger partial charge in [-0.25, -0.2) is 0 Å². The Morgan fingerprint density at radius 2 is 1.00 bits per heavy atom. The Balaban J connectivity index is 1.36. The van der Waals surface area contributed by atoms with Gasteiger partial charge in [0.25, 0.3) is 0 Å². The highest BCUT2D eigenvalue weighted by Gasteiger charge is 2.52. The van der Waals surface area contributed by atoms with Gasteiger partial charge in [-0.05, 0) is 22.3 Å². The standard InChI is InChI=1S/C34H36O6/c35-34(26-36-21-27-13-5-1-6-14-27)33(39-24-30-19-11-4-12-20-30)32(38-23-29-17-9-3-10-18-29)31(25-40-34)37-22-28-15-7-2-8-16-28/h1-20,31-33,35H,21-26H2/t31-,32+,33-,34?/m0/s1. The van der Waals surface area contributed by atoms with Crippen LogP contribution in [0.15, 0.2) is 121 Å². The van der Waals surface area contributed by atoms with E-state index in [9.17, 15) is 5.11 Å². The minimum absolute atomic E-state index is 0.0854. The van der Waals surface area contributed by atoms with Crippen LogP contribution in [0, 0.1) is 0 Å². The lowest BCUT2D eigenvalue weighted by Crippen LogP contribution is -2.64. The largest absolute Gasteiger partial charge is 0.371 e. The van der Waals surface area contributed by atoms with Crippen LogP contribution in [-0.2, 0) is 50.1 Å². The first kappa shape index (κ1) is 28.2. The summed E-state index contributed by atoms with van der Waals surface area (Å²) in [5.74, 6) is -1.74. The topological polar surface area (TPSA) is 66.4 Å². The van der Waals surface area contributed by atoms with E-state index < -0.39 is 24.1 Å². The van der Waals surface area contributed by atoms with Gasteiger partial charge in [-0.15, -0.1) is 0 Å². The molecule has 1 aliphatic heterocycles. The summed E-state index contributed by atoms with van der Waals surface area (Å²) in [6, 6.07) is 39.6. The molecule has 1 unspecified atom stereocenters. The number of rotatable bonds is 13. The molecule has 6 heteroatoms. The summed E-state index contributed by atoms with van der Waals surface area (Å²) >= 11 is 0. The Morgan fingerprint density at radius 1 is 0.575 bits per heavy atom. The Morgan fingerprint density at radius 3 is 1.50 bits per heavy atom. The van der Waals surface area contributed by atoms with E-state index in [0.29, 0.717) is 19.8 Å². The first-order valence-corrected chi connectivity index (χ1v) is 13.6. The molecule has 0 radical (unpaired) electrons. The van der Waals surface area contributed by atoms with Crippen molar-refractivity contribution in [2.45, 2.75) is 50.5 Å². The van der Waals surface area contributed by atoms with E-state index in [2.05, 4.69) is 0 Å². The highest BCUT2D eigenvalue weighted by Crippen LogP contribution is 2.32. The average molecular weight is 541 g/mol. The van der Waals surface area contributed by atoms with Gasteiger partial charge >= 0.3 is 0 Å². The van der Waals surface area contributed by atoms with Gasteiger partial charge in [0.1, 0.15) is 24.9 Å². The first-order valence-electron chi connectivity index (χ1n) is 13.6. The molecular formula is C34H36O6. The van der Waals surface area contributed by atoms with Crippen molar-refractivity contribution in [1.82, 2.24) is 0 Å². The predicted octanol–water partition coefficient (Wildman–Crippen LogP) is 5.68. The lowest BCUT2D eigenvalue weighted by atomic mass is 9.96.